The van der Waals surface area contributed by atoms with Gasteiger partial charge in [0.25, 0.3) is 0 Å². The highest BCUT2D eigenvalue weighted by Crippen LogP contribution is 2.25. The Labute approximate surface area is 141 Å². The van der Waals surface area contributed by atoms with Crippen LogP contribution in [0.15, 0.2) is 30.5 Å². The summed E-state index contributed by atoms with van der Waals surface area (Å²) >= 11 is 0. The summed E-state index contributed by atoms with van der Waals surface area (Å²) in [6, 6.07) is 6.08. The third-order valence-electron chi connectivity index (χ3n) is 4.49. The van der Waals surface area contributed by atoms with Crippen LogP contribution >= 0.6 is 0 Å². The van der Waals surface area contributed by atoms with E-state index in [1.54, 1.807) is 12.3 Å². The van der Waals surface area contributed by atoms with Gasteiger partial charge in [0.2, 0.25) is 5.95 Å². The Morgan fingerprint density at radius 3 is 2.54 bits per heavy atom. The smallest absolute Gasteiger partial charge is 0.227 e. The number of hydrogen-bond acceptors (Lipinski definition) is 4. The molecule has 3 rings (SSSR count). The van der Waals surface area contributed by atoms with Gasteiger partial charge < -0.3 is 9.80 Å². The molecular formula is C18H22F2N4. The minimum absolute atomic E-state index is 0.475. The molecule has 0 bridgehead atoms. The summed E-state index contributed by atoms with van der Waals surface area (Å²) in [6.45, 7) is 1.76. The molecule has 2 aromatic rings. The predicted molar refractivity (Wildman–Crippen MR) is 91.4 cm³/mol. The summed E-state index contributed by atoms with van der Waals surface area (Å²) in [5.74, 6) is 0.574. The summed E-state index contributed by atoms with van der Waals surface area (Å²) in [6.07, 6.45) is 4.55. The Balaban J connectivity index is 1.59. The Morgan fingerprint density at radius 1 is 1.12 bits per heavy atom. The summed E-state index contributed by atoms with van der Waals surface area (Å²) in [5, 5.41) is 0. The zero-order chi connectivity index (χ0) is 17.1. The predicted octanol–water partition coefficient (Wildman–Crippen LogP) is 3.28. The van der Waals surface area contributed by atoms with E-state index in [1.165, 1.54) is 12.1 Å². The fourth-order valence-electron chi connectivity index (χ4n) is 3.08. The number of halogens is 2. The molecule has 0 atom stereocenters. The quantitative estimate of drug-likeness (QED) is 0.860. The molecule has 0 aliphatic carbocycles. The molecule has 1 aliphatic heterocycles. The third-order valence-corrected chi connectivity index (χ3v) is 4.49. The monoisotopic (exact) mass is 332 g/mol. The maximum atomic E-state index is 13.3. The van der Waals surface area contributed by atoms with E-state index in [0.717, 1.165) is 49.7 Å². The number of aromatic nitrogens is 2. The third kappa shape index (κ3) is 3.80. The van der Waals surface area contributed by atoms with Gasteiger partial charge in [-0.15, -0.1) is 0 Å². The first kappa shape index (κ1) is 16.6. The van der Waals surface area contributed by atoms with Crippen LogP contribution < -0.4 is 9.80 Å². The number of piperidine rings is 1. The lowest BCUT2D eigenvalue weighted by molar-refractivity contribution is 0.399. The van der Waals surface area contributed by atoms with Crippen molar-refractivity contribution in [3.63, 3.8) is 0 Å². The van der Waals surface area contributed by atoms with E-state index in [4.69, 9.17) is 0 Å². The summed E-state index contributed by atoms with van der Waals surface area (Å²) in [7, 11) is 3.92. The Hall–Kier alpha value is -2.24. The number of benzene rings is 1. The van der Waals surface area contributed by atoms with Gasteiger partial charge in [-0.25, -0.2) is 13.8 Å². The zero-order valence-electron chi connectivity index (χ0n) is 14.0. The first-order chi connectivity index (χ1) is 11.5. The van der Waals surface area contributed by atoms with E-state index in [2.05, 4.69) is 14.9 Å². The van der Waals surface area contributed by atoms with Crippen molar-refractivity contribution in [1.82, 2.24) is 9.97 Å². The van der Waals surface area contributed by atoms with Gasteiger partial charge in [0.1, 0.15) is 5.82 Å². The van der Waals surface area contributed by atoms with Gasteiger partial charge in [-0.3, -0.25) is 0 Å². The summed E-state index contributed by atoms with van der Waals surface area (Å²) in [5.41, 5.74) is 0.859. The molecule has 0 unspecified atom stereocenters. The maximum absolute atomic E-state index is 13.3. The second-order valence-electron chi connectivity index (χ2n) is 6.49. The summed E-state index contributed by atoms with van der Waals surface area (Å²) in [4.78, 5) is 13.1. The van der Waals surface area contributed by atoms with Crippen LogP contribution in [0.1, 0.15) is 18.4 Å². The van der Waals surface area contributed by atoms with Crippen molar-refractivity contribution in [3.8, 4) is 0 Å². The standard InChI is InChI=1S/C18H22F2N4/c1-23(2)17-5-8-21-18(22-17)24-9-6-13(7-10-24)11-14-3-4-15(19)16(20)12-14/h3-5,8,12-13H,6-7,9-11H2,1-2H3. The average molecular weight is 332 g/mol. The van der Waals surface area contributed by atoms with Gasteiger partial charge in [0.05, 0.1) is 0 Å². The molecule has 24 heavy (non-hydrogen) atoms. The lowest BCUT2D eigenvalue weighted by atomic mass is 9.90. The van der Waals surface area contributed by atoms with Gasteiger partial charge in [0, 0.05) is 33.4 Å². The van der Waals surface area contributed by atoms with Crippen molar-refractivity contribution in [2.75, 3.05) is 37.0 Å². The van der Waals surface area contributed by atoms with Crippen molar-refractivity contribution in [2.24, 2.45) is 5.92 Å². The van der Waals surface area contributed by atoms with Crippen LogP contribution in [0.4, 0.5) is 20.5 Å². The number of anilines is 2. The molecule has 6 heteroatoms. The molecule has 0 amide bonds. The van der Waals surface area contributed by atoms with Crippen LogP contribution in [0.3, 0.4) is 0 Å². The first-order valence-corrected chi connectivity index (χ1v) is 8.22. The van der Waals surface area contributed by atoms with Crippen molar-refractivity contribution < 1.29 is 8.78 Å². The van der Waals surface area contributed by atoms with Crippen LogP contribution in [0.5, 0.6) is 0 Å². The number of hydrogen-bond donors (Lipinski definition) is 0. The minimum atomic E-state index is -0.786. The highest BCUT2D eigenvalue weighted by molar-refractivity contribution is 5.42. The van der Waals surface area contributed by atoms with Crippen LogP contribution in [-0.4, -0.2) is 37.2 Å². The molecule has 128 valence electrons. The largest absolute Gasteiger partial charge is 0.363 e. The lowest BCUT2D eigenvalue weighted by Gasteiger charge is -2.32. The molecule has 0 saturated carbocycles. The average Bonchev–Trinajstić information content (AvgIpc) is 2.59. The molecule has 4 nitrogen and oxygen atoms in total. The maximum Gasteiger partial charge on any atom is 0.227 e. The SMILES string of the molecule is CN(C)c1ccnc(N2CCC(Cc3ccc(F)c(F)c3)CC2)n1. The fourth-order valence-corrected chi connectivity index (χ4v) is 3.08. The van der Waals surface area contributed by atoms with Gasteiger partial charge in [-0.2, -0.15) is 4.98 Å². The number of nitrogens with zero attached hydrogens (tertiary/aromatic N) is 4. The molecular weight excluding hydrogens is 310 g/mol. The van der Waals surface area contributed by atoms with Crippen molar-refractivity contribution >= 4 is 11.8 Å². The van der Waals surface area contributed by atoms with Gasteiger partial charge >= 0.3 is 0 Å². The molecule has 1 fully saturated rings. The van der Waals surface area contributed by atoms with E-state index < -0.39 is 11.6 Å². The molecule has 0 spiro atoms. The lowest BCUT2D eigenvalue weighted by Crippen LogP contribution is -2.35. The molecule has 1 saturated heterocycles. The van der Waals surface area contributed by atoms with Crippen LogP contribution in [0.25, 0.3) is 0 Å². The van der Waals surface area contributed by atoms with E-state index >= 15 is 0 Å². The summed E-state index contributed by atoms with van der Waals surface area (Å²) < 4.78 is 26.3. The van der Waals surface area contributed by atoms with Crippen molar-refractivity contribution in [1.29, 1.82) is 0 Å². The van der Waals surface area contributed by atoms with Crippen LogP contribution in [0, 0.1) is 17.6 Å². The van der Waals surface area contributed by atoms with Crippen molar-refractivity contribution in [3.05, 3.63) is 47.7 Å². The van der Waals surface area contributed by atoms with Gasteiger partial charge in [-0.1, -0.05) is 6.07 Å². The van der Waals surface area contributed by atoms with Crippen LogP contribution in [-0.2, 0) is 6.42 Å². The highest BCUT2D eigenvalue weighted by atomic mass is 19.2. The normalized spacial score (nSPS) is 15.6. The minimum Gasteiger partial charge on any atom is -0.363 e. The van der Waals surface area contributed by atoms with E-state index in [9.17, 15) is 8.78 Å². The van der Waals surface area contributed by atoms with Crippen molar-refractivity contribution in [2.45, 2.75) is 19.3 Å². The van der Waals surface area contributed by atoms with E-state index in [0.29, 0.717) is 5.92 Å². The topological polar surface area (TPSA) is 32.3 Å². The molecule has 1 aromatic carbocycles. The Morgan fingerprint density at radius 2 is 1.88 bits per heavy atom. The number of rotatable bonds is 4. The Bertz CT molecular complexity index is 697. The second kappa shape index (κ2) is 7.11. The molecule has 0 radical (unpaired) electrons. The molecule has 1 aliphatic rings. The Kier molecular flexibility index (Phi) is 4.92. The first-order valence-electron chi connectivity index (χ1n) is 8.22. The highest BCUT2D eigenvalue weighted by Gasteiger charge is 2.22. The van der Waals surface area contributed by atoms with E-state index in [1.807, 2.05) is 25.1 Å². The fraction of sp³-hybridized carbons (Fsp3) is 0.444. The van der Waals surface area contributed by atoms with E-state index in [-0.39, 0.29) is 0 Å². The molecule has 2 heterocycles. The zero-order valence-corrected chi connectivity index (χ0v) is 14.0. The van der Waals surface area contributed by atoms with Gasteiger partial charge in [0.15, 0.2) is 11.6 Å². The second-order valence-corrected chi connectivity index (χ2v) is 6.49. The molecule has 1 aromatic heterocycles. The van der Waals surface area contributed by atoms with Gasteiger partial charge in [-0.05, 0) is 48.9 Å². The molecule has 0 N–H and O–H groups in total. The van der Waals surface area contributed by atoms with Crippen LogP contribution in [0.2, 0.25) is 0 Å².